The Morgan fingerprint density at radius 3 is 3.00 bits per heavy atom. The summed E-state index contributed by atoms with van der Waals surface area (Å²) in [7, 11) is 1.53. The van der Waals surface area contributed by atoms with Crippen molar-refractivity contribution in [1.82, 2.24) is 14.9 Å². The standard InChI is InChI=1S/C21H24FN3O2/c1-27-20-9-8-15(22)11-16(20)19(26)13-25-10-4-5-14(12-25)21-23-17-6-2-3-7-18(17)24-21/h2-3,6-9,11,14,19,26H,4-5,10,12-13H2,1H3,(H,23,24)/t14-,19-/m0/s1. The number of nitrogens with zero attached hydrogens (tertiary/aromatic N) is 2. The monoisotopic (exact) mass is 369 g/mol. The number of aliphatic hydroxyl groups is 1. The Morgan fingerprint density at radius 1 is 1.33 bits per heavy atom. The number of imidazole rings is 1. The number of fused-ring (bicyclic) bond motifs is 1. The number of piperidine rings is 1. The zero-order valence-corrected chi connectivity index (χ0v) is 15.4. The van der Waals surface area contributed by atoms with Gasteiger partial charge in [0.25, 0.3) is 0 Å². The SMILES string of the molecule is COc1ccc(F)cc1[C@@H](O)CN1CCC[C@H](c2nc3ccccc3[nH]2)C1. The van der Waals surface area contributed by atoms with Crippen LogP contribution in [0.15, 0.2) is 42.5 Å². The Balaban J connectivity index is 1.47. The van der Waals surface area contributed by atoms with E-state index in [4.69, 9.17) is 9.72 Å². The molecular weight excluding hydrogens is 345 g/mol. The van der Waals surface area contributed by atoms with Crippen LogP contribution in [-0.4, -0.2) is 46.7 Å². The lowest BCUT2D eigenvalue weighted by molar-refractivity contribution is 0.0926. The minimum atomic E-state index is -0.801. The van der Waals surface area contributed by atoms with E-state index >= 15 is 0 Å². The van der Waals surface area contributed by atoms with E-state index in [1.807, 2.05) is 24.3 Å². The van der Waals surface area contributed by atoms with Crippen LogP contribution in [0.3, 0.4) is 0 Å². The van der Waals surface area contributed by atoms with Crippen LogP contribution in [-0.2, 0) is 0 Å². The maximum atomic E-state index is 13.6. The normalized spacial score (nSPS) is 19.3. The van der Waals surface area contributed by atoms with Gasteiger partial charge >= 0.3 is 0 Å². The van der Waals surface area contributed by atoms with E-state index in [1.54, 1.807) is 6.07 Å². The molecule has 2 atom stereocenters. The number of rotatable bonds is 5. The van der Waals surface area contributed by atoms with Crippen molar-refractivity contribution in [3.8, 4) is 5.75 Å². The van der Waals surface area contributed by atoms with Gasteiger partial charge in [-0.2, -0.15) is 0 Å². The highest BCUT2D eigenvalue weighted by atomic mass is 19.1. The predicted molar refractivity (Wildman–Crippen MR) is 102 cm³/mol. The van der Waals surface area contributed by atoms with Gasteiger partial charge in [0, 0.05) is 24.6 Å². The van der Waals surface area contributed by atoms with Crippen molar-refractivity contribution in [3.05, 3.63) is 59.7 Å². The molecule has 0 spiro atoms. The van der Waals surface area contributed by atoms with Crippen molar-refractivity contribution in [2.45, 2.75) is 24.9 Å². The van der Waals surface area contributed by atoms with E-state index in [-0.39, 0.29) is 5.82 Å². The van der Waals surface area contributed by atoms with Crippen molar-refractivity contribution in [1.29, 1.82) is 0 Å². The molecule has 2 heterocycles. The van der Waals surface area contributed by atoms with E-state index in [1.165, 1.54) is 19.2 Å². The van der Waals surface area contributed by atoms with Gasteiger partial charge in [-0.25, -0.2) is 9.37 Å². The molecule has 142 valence electrons. The molecule has 1 aliphatic heterocycles. The third-order valence-corrected chi connectivity index (χ3v) is 5.28. The van der Waals surface area contributed by atoms with Gasteiger partial charge < -0.3 is 14.8 Å². The van der Waals surface area contributed by atoms with Gasteiger partial charge in [-0.05, 0) is 49.7 Å². The summed E-state index contributed by atoms with van der Waals surface area (Å²) in [5.74, 6) is 1.44. The Labute approximate surface area is 157 Å². The van der Waals surface area contributed by atoms with Crippen molar-refractivity contribution in [3.63, 3.8) is 0 Å². The average molecular weight is 369 g/mol. The summed E-state index contributed by atoms with van der Waals surface area (Å²) < 4.78 is 18.9. The van der Waals surface area contributed by atoms with E-state index in [0.717, 1.165) is 42.8 Å². The van der Waals surface area contributed by atoms with Crippen molar-refractivity contribution >= 4 is 11.0 Å². The first-order valence-electron chi connectivity index (χ1n) is 9.32. The maximum absolute atomic E-state index is 13.6. The number of benzene rings is 2. The van der Waals surface area contributed by atoms with Gasteiger partial charge in [0.1, 0.15) is 17.4 Å². The molecule has 0 amide bonds. The van der Waals surface area contributed by atoms with E-state index in [9.17, 15) is 9.50 Å². The summed E-state index contributed by atoms with van der Waals surface area (Å²) in [5, 5.41) is 10.7. The van der Waals surface area contributed by atoms with Crippen molar-refractivity contribution in [2.75, 3.05) is 26.7 Å². The number of aromatic amines is 1. The summed E-state index contributed by atoms with van der Waals surface area (Å²) in [4.78, 5) is 10.4. The Morgan fingerprint density at radius 2 is 2.19 bits per heavy atom. The molecule has 1 fully saturated rings. The molecule has 4 rings (SSSR count). The first-order valence-corrected chi connectivity index (χ1v) is 9.32. The number of likely N-dealkylation sites (tertiary alicyclic amines) is 1. The van der Waals surface area contributed by atoms with E-state index in [0.29, 0.717) is 23.8 Å². The lowest BCUT2D eigenvalue weighted by atomic mass is 9.96. The van der Waals surface area contributed by atoms with Crippen LogP contribution in [0.2, 0.25) is 0 Å². The second-order valence-electron chi connectivity index (χ2n) is 7.14. The predicted octanol–water partition coefficient (Wildman–Crippen LogP) is 3.62. The van der Waals surface area contributed by atoms with Crippen LogP contribution < -0.4 is 4.74 Å². The third kappa shape index (κ3) is 3.82. The third-order valence-electron chi connectivity index (χ3n) is 5.28. The van der Waals surface area contributed by atoms with E-state index < -0.39 is 6.10 Å². The number of aromatic nitrogens is 2. The van der Waals surface area contributed by atoms with E-state index in [2.05, 4.69) is 9.88 Å². The number of β-amino-alcohol motifs (C(OH)–C–C–N with tert-alkyl or cyclic N) is 1. The number of nitrogens with one attached hydrogen (secondary N) is 1. The summed E-state index contributed by atoms with van der Waals surface area (Å²) >= 11 is 0. The molecule has 0 aliphatic carbocycles. The fraction of sp³-hybridized carbons (Fsp3) is 0.381. The Kier molecular flexibility index (Phi) is 5.09. The molecule has 0 unspecified atom stereocenters. The summed E-state index contributed by atoms with van der Waals surface area (Å²) in [5.41, 5.74) is 2.52. The zero-order valence-electron chi connectivity index (χ0n) is 15.4. The van der Waals surface area contributed by atoms with Crippen LogP contribution in [0, 0.1) is 5.82 Å². The zero-order chi connectivity index (χ0) is 18.8. The quantitative estimate of drug-likeness (QED) is 0.721. The number of hydrogen-bond donors (Lipinski definition) is 2. The second-order valence-corrected chi connectivity index (χ2v) is 7.14. The number of hydrogen-bond acceptors (Lipinski definition) is 4. The Bertz CT molecular complexity index is 894. The van der Waals surface area contributed by atoms with Crippen LogP contribution >= 0.6 is 0 Å². The molecule has 2 aromatic carbocycles. The second kappa shape index (κ2) is 7.66. The molecule has 6 heteroatoms. The van der Waals surface area contributed by atoms with Gasteiger partial charge in [-0.3, -0.25) is 4.90 Å². The largest absolute Gasteiger partial charge is 0.496 e. The van der Waals surface area contributed by atoms with Gasteiger partial charge in [0.05, 0.1) is 24.2 Å². The summed E-state index contributed by atoms with van der Waals surface area (Å²) in [6, 6.07) is 12.3. The number of methoxy groups -OCH3 is 1. The molecule has 5 nitrogen and oxygen atoms in total. The summed E-state index contributed by atoms with van der Waals surface area (Å²) in [6.07, 6.45) is 1.30. The van der Waals surface area contributed by atoms with Crippen LogP contribution in [0.4, 0.5) is 4.39 Å². The molecular formula is C21H24FN3O2. The smallest absolute Gasteiger partial charge is 0.124 e. The number of H-pyrrole nitrogens is 1. The van der Waals surface area contributed by atoms with Crippen LogP contribution in [0.1, 0.15) is 36.3 Å². The highest BCUT2D eigenvalue weighted by Crippen LogP contribution is 2.30. The fourth-order valence-electron chi connectivity index (χ4n) is 3.92. The first-order chi connectivity index (χ1) is 13.1. The fourth-order valence-corrected chi connectivity index (χ4v) is 3.92. The average Bonchev–Trinajstić information content (AvgIpc) is 3.12. The minimum Gasteiger partial charge on any atom is -0.496 e. The van der Waals surface area contributed by atoms with Gasteiger partial charge in [0.15, 0.2) is 0 Å². The molecule has 0 bridgehead atoms. The molecule has 1 aromatic heterocycles. The van der Waals surface area contributed by atoms with Crippen LogP contribution in [0.25, 0.3) is 11.0 Å². The molecule has 3 aromatic rings. The number of halogens is 1. The lowest BCUT2D eigenvalue weighted by Crippen LogP contribution is -2.37. The molecule has 1 saturated heterocycles. The van der Waals surface area contributed by atoms with Gasteiger partial charge in [-0.1, -0.05) is 12.1 Å². The first kappa shape index (κ1) is 17.9. The number of para-hydroxylation sites is 2. The topological polar surface area (TPSA) is 61.4 Å². The number of aliphatic hydroxyl groups excluding tert-OH is 1. The van der Waals surface area contributed by atoms with Crippen molar-refractivity contribution < 1.29 is 14.2 Å². The highest BCUT2D eigenvalue weighted by molar-refractivity contribution is 5.74. The lowest BCUT2D eigenvalue weighted by Gasteiger charge is -2.33. The Hall–Kier alpha value is -2.44. The van der Waals surface area contributed by atoms with Gasteiger partial charge in [0.2, 0.25) is 0 Å². The molecule has 0 saturated carbocycles. The number of ether oxygens (including phenoxy) is 1. The molecule has 2 N–H and O–H groups in total. The highest BCUT2D eigenvalue weighted by Gasteiger charge is 2.26. The molecule has 1 aliphatic rings. The molecule has 27 heavy (non-hydrogen) atoms. The molecule has 0 radical (unpaired) electrons. The van der Waals surface area contributed by atoms with Crippen LogP contribution in [0.5, 0.6) is 5.75 Å². The van der Waals surface area contributed by atoms with Crippen molar-refractivity contribution in [2.24, 2.45) is 0 Å². The summed E-state index contributed by atoms with van der Waals surface area (Å²) in [6.45, 7) is 2.16. The maximum Gasteiger partial charge on any atom is 0.124 e. The minimum absolute atomic E-state index is 0.299. The van der Waals surface area contributed by atoms with Gasteiger partial charge in [-0.15, -0.1) is 0 Å².